The topological polar surface area (TPSA) is 78.1 Å². The van der Waals surface area contributed by atoms with Crippen LogP contribution in [0.3, 0.4) is 0 Å². The van der Waals surface area contributed by atoms with E-state index in [2.05, 4.69) is 10.3 Å². The Labute approximate surface area is 138 Å². The minimum Gasteiger partial charge on any atom is -0.493 e. The molecule has 0 atom stereocenters. The van der Waals surface area contributed by atoms with Gasteiger partial charge in [0.1, 0.15) is 0 Å². The van der Waals surface area contributed by atoms with Crippen LogP contribution in [0.4, 0.5) is 0 Å². The molecule has 3 N–H and O–H groups in total. The number of hydrogen-bond acceptors (Lipinski definition) is 4. The van der Waals surface area contributed by atoms with E-state index in [1.165, 1.54) is 19.3 Å². The van der Waals surface area contributed by atoms with Crippen LogP contribution in [0.15, 0.2) is 17.1 Å². The lowest BCUT2D eigenvalue weighted by molar-refractivity contribution is 0.288. The zero-order valence-corrected chi connectivity index (χ0v) is 14.2. The van der Waals surface area contributed by atoms with Gasteiger partial charge in [-0.3, -0.25) is 0 Å². The van der Waals surface area contributed by atoms with Crippen LogP contribution in [-0.2, 0) is 6.54 Å². The Balaban J connectivity index is 2.03. The van der Waals surface area contributed by atoms with Gasteiger partial charge in [0, 0.05) is 6.54 Å². The molecule has 0 unspecified atom stereocenters. The number of benzene rings is 1. The standard InChI is InChI=1S/C17H27N3O3/c1-4-23-16-14(21-2)8-13(9-15(16)22-3)11-20-17(18)19-10-12-6-5-7-12/h8-9,12H,4-7,10-11H2,1-3H3,(H3,18,19,20). The first-order valence-corrected chi connectivity index (χ1v) is 8.09. The fraction of sp³-hybridized carbons (Fsp3) is 0.588. The Morgan fingerprint density at radius 1 is 1.26 bits per heavy atom. The zero-order valence-electron chi connectivity index (χ0n) is 14.2. The van der Waals surface area contributed by atoms with Crippen LogP contribution in [0.2, 0.25) is 0 Å². The number of guanidine groups is 1. The Hall–Kier alpha value is -2.11. The molecule has 0 saturated heterocycles. The van der Waals surface area contributed by atoms with E-state index in [1.807, 2.05) is 19.1 Å². The molecule has 1 aromatic carbocycles. The third-order valence-corrected chi connectivity index (χ3v) is 4.04. The first-order chi connectivity index (χ1) is 11.2. The minimum absolute atomic E-state index is 0.461. The van der Waals surface area contributed by atoms with Crippen molar-refractivity contribution in [3.8, 4) is 17.2 Å². The van der Waals surface area contributed by atoms with Gasteiger partial charge in [0.2, 0.25) is 5.75 Å². The number of nitrogens with two attached hydrogens (primary N) is 1. The molecule has 6 nitrogen and oxygen atoms in total. The van der Waals surface area contributed by atoms with Crippen LogP contribution >= 0.6 is 0 Å². The normalized spacial score (nSPS) is 15.0. The van der Waals surface area contributed by atoms with Crippen molar-refractivity contribution in [1.29, 1.82) is 0 Å². The summed E-state index contributed by atoms with van der Waals surface area (Å²) in [5, 5.41) is 3.18. The first-order valence-electron chi connectivity index (χ1n) is 8.09. The Kier molecular flexibility index (Phi) is 6.38. The van der Waals surface area contributed by atoms with Crippen molar-refractivity contribution in [1.82, 2.24) is 5.32 Å². The molecule has 1 aliphatic rings. The molecule has 0 aromatic heterocycles. The lowest BCUT2D eigenvalue weighted by atomic mass is 9.85. The van der Waals surface area contributed by atoms with Gasteiger partial charge in [-0.2, -0.15) is 0 Å². The van der Waals surface area contributed by atoms with Crippen LogP contribution in [0, 0.1) is 5.92 Å². The lowest BCUT2D eigenvalue weighted by Gasteiger charge is -2.25. The third kappa shape index (κ3) is 4.68. The van der Waals surface area contributed by atoms with E-state index in [0.29, 0.717) is 36.4 Å². The van der Waals surface area contributed by atoms with Crippen LogP contribution in [0.25, 0.3) is 0 Å². The fourth-order valence-corrected chi connectivity index (χ4v) is 2.49. The number of rotatable bonds is 8. The van der Waals surface area contributed by atoms with E-state index in [0.717, 1.165) is 18.0 Å². The van der Waals surface area contributed by atoms with Crippen molar-refractivity contribution in [3.63, 3.8) is 0 Å². The molecule has 0 amide bonds. The van der Waals surface area contributed by atoms with Gasteiger partial charge in [0.05, 0.1) is 27.4 Å². The highest BCUT2D eigenvalue weighted by atomic mass is 16.5. The number of hydrogen-bond donors (Lipinski definition) is 2. The van der Waals surface area contributed by atoms with Crippen LogP contribution in [-0.4, -0.2) is 33.3 Å². The number of aliphatic imine (C=N–C) groups is 1. The molecule has 1 aliphatic carbocycles. The smallest absolute Gasteiger partial charge is 0.203 e. The summed E-state index contributed by atoms with van der Waals surface area (Å²) in [5.74, 6) is 3.11. The van der Waals surface area contributed by atoms with Gasteiger partial charge in [-0.25, -0.2) is 4.99 Å². The molecule has 1 saturated carbocycles. The number of nitrogens with one attached hydrogen (secondary N) is 1. The summed E-state index contributed by atoms with van der Waals surface area (Å²) in [5.41, 5.74) is 6.87. The number of ether oxygens (including phenoxy) is 3. The highest BCUT2D eigenvalue weighted by Crippen LogP contribution is 2.38. The fourth-order valence-electron chi connectivity index (χ4n) is 2.49. The number of nitrogens with zero attached hydrogens (tertiary/aromatic N) is 1. The SMILES string of the molecule is CCOc1c(OC)cc(CN=C(N)NCC2CCC2)cc1OC. The summed E-state index contributed by atoms with van der Waals surface area (Å²) < 4.78 is 16.4. The molecule has 0 spiro atoms. The summed E-state index contributed by atoms with van der Waals surface area (Å²) in [7, 11) is 3.22. The molecular weight excluding hydrogens is 294 g/mol. The summed E-state index contributed by atoms with van der Waals surface area (Å²) in [6.07, 6.45) is 3.90. The van der Waals surface area contributed by atoms with Crippen molar-refractivity contribution in [2.24, 2.45) is 16.6 Å². The quantitative estimate of drug-likeness (QED) is 0.567. The maximum Gasteiger partial charge on any atom is 0.203 e. The van der Waals surface area contributed by atoms with Gasteiger partial charge in [-0.05, 0) is 43.4 Å². The Morgan fingerprint density at radius 3 is 2.39 bits per heavy atom. The number of methoxy groups -OCH3 is 2. The maximum atomic E-state index is 5.92. The second kappa shape index (κ2) is 8.50. The monoisotopic (exact) mass is 321 g/mol. The molecule has 6 heteroatoms. The van der Waals surface area contributed by atoms with E-state index in [1.54, 1.807) is 14.2 Å². The molecule has 0 heterocycles. The predicted molar refractivity (Wildman–Crippen MR) is 91.4 cm³/mol. The average molecular weight is 321 g/mol. The summed E-state index contributed by atoms with van der Waals surface area (Å²) in [6.45, 7) is 3.84. The molecule has 128 valence electrons. The van der Waals surface area contributed by atoms with Crippen molar-refractivity contribution in [2.75, 3.05) is 27.4 Å². The van der Waals surface area contributed by atoms with Crippen LogP contribution in [0.5, 0.6) is 17.2 Å². The molecule has 0 bridgehead atoms. The van der Waals surface area contributed by atoms with E-state index in [9.17, 15) is 0 Å². The highest BCUT2D eigenvalue weighted by Gasteiger charge is 2.17. The molecule has 1 aromatic rings. The maximum absolute atomic E-state index is 5.92. The molecule has 2 rings (SSSR count). The zero-order chi connectivity index (χ0) is 16.7. The summed E-state index contributed by atoms with van der Waals surface area (Å²) in [6, 6.07) is 3.80. The molecule has 1 fully saturated rings. The third-order valence-electron chi connectivity index (χ3n) is 4.04. The van der Waals surface area contributed by atoms with Gasteiger partial charge in [-0.15, -0.1) is 0 Å². The van der Waals surface area contributed by atoms with Crippen molar-refractivity contribution >= 4 is 5.96 Å². The molecule has 23 heavy (non-hydrogen) atoms. The van der Waals surface area contributed by atoms with Crippen molar-refractivity contribution in [3.05, 3.63) is 17.7 Å². The van der Waals surface area contributed by atoms with E-state index in [-0.39, 0.29) is 0 Å². The second-order valence-electron chi connectivity index (χ2n) is 5.64. The van der Waals surface area contributed by atoms with Gasteiger partial charge >= 0.3 is 0 Å². The van der Waals surface area contributed by atoms with E-state index in [4.69, 9.17) is 19.9 Å². The Bertz CT molecular complexity index is 517. The predicted octanol–water partition coefficient (Wildman–Crippen LogP) is 2.31. The van der Waals surface area contributed by atoms with E-state index >= 15 is 0 Å². The molecular formula is C17H27N3O3. The summed E-state index contributed by atoms with van der Waals surface area (Å²) >= 11 is 0. The average Bonchev–Trinajstić information content (AvgIpc) is 2.52. The van der Waals surface area contributed by atoms with Crippen LogP contribution < -0.4 is 25.3 Å². The Morgan fingerprint density at radius 2 is 1.91 bits per heavy atom. The van der Waals surface area contributed by atoms with E-state index < -0.39 is 0 Å². The summed E-state index contributed by atoms with van der Waals surface area (Å²) in [4.78, 5) is 4.38. The largest absolute Gasteiger partial charge is 0.493 e. The van der Waals surface area contributed by atoms with Gasteiger partial charge in [0.25, 0.3) is 0 Å². The van der Waals surface area contributed by atoms with Crippen molar-refractivity contribution < 1.29 is 14.2 Å². The molecule has 0 aliphatic heterocycles. The molecule has 0 radical (unpaired) electrons. The first kappa shape index (κ1) is 17.2. The van der Waals surface area contributed by atoms with Crippen molar-refractivity contribution in [2.45, 2.75) is 32.7 Å². The van der Waals surface area contributed by atoms with Gasteiger partial charge in [0.15, 0.2) is 17.5 Å². The van der Waals surface area contributed by atoms with Gasteiger partial charge in [-0.1, -0.05) is 6.42 Å². The lowest BCUT2D eigenvalue weighted by Crippen LogP contribution is -2.37. The highest BCUT2D eigenvalue weighted by molar-refractivity contribution is 5.77. The van der Waals surface area contributed by atoms with Gasteiger partial charge < -0.3 is 25.3 Å². The van der Waals surface area contributed by atoms with Crippen LogP contribution in [0.1, 0.15) is 31.7 Å². The minimum atomic E-state index is 0.461. The second-order valence-corrected chi connectivity index (χ2v) is 5.64.